The van der Waals surface area contributed by atoms with Crippen LogP contribution in [-0.4, -0.2) is 9.59 Å². The Bertz CT molecular complexity index is 370. The van der Waals surface area contributed by atoms with Gasteiger partial charge in [0.05, 0.1) is 5.69 Å². The first-order valence-corrected chi connectivity index (χ1v) is 4.61. The van der Waals surface area contributed by atoms with E-state index in [9.17, 15) is 0 Å². The molecule has 0 radical (unpaired) electrons. The zero-order chi connectivity index (χ0) is 8.39. The molecule has 2 rings (SSSR count). The number of nitrogens with zero attached hydrogens (tertiary/aromatic N) is 2. The Kier molecular flexibility index (Phi) is 2.01. The average Bonchev–Trinajstić information content (AvgIpc) is 2.53. The van der Waals surface area contributed by atoms with Gasteiger partial charge in [0.2, 0.25) is 0 Å². The number of rotatable bonds is 1. The predicted molar refractivity (Wildman–Crippen MR) is 51.0 cm³/mol. The summed E-state index contributed by atoms with van der Waals surface area (Å²) in [5.74, 6) is 0. The molecule has 0 unspecified atom stereocenters. The molecule has 60 valence electrons. The molecule has 4 heteroatoms. The second-order valence-corrected chi connectivity index (χ2v) is 3.70. The largest absolute Gasteiger partial charge is 0.425 e. The number of hydrogen-bond acceptors (Lipinski definition) is 4. The van der Waals surface area contributed by atoms with Crippen LogP contribution in [0.25, 0.3) is 11.3 Å². The van der Waals surface area contributed by atoms with Crippen LogP contribution < -0.4 is 0 Å². The monoisotopic (exact) mass is 193 g/mol. The van der Waals surface area contributed by atoms with E-state index in [-0.39, 0.29) is 0 Å². The van der Waals surface area contributed by atoms with Gasteiger partial charge in [-0.2, -0.15) is 5.10 Å². The minimum Gasteiger partial charge on any atom is -0.425 e. The standard InChI is InChI=1S/C8H6N2S2/c11-8-7(9-10-12-8)6-4-2-1-3-5-6/h1-5,11H/p-1. The summed E-state index contributed by atoms with van der Waals surface area (Å²) in [7, 11) is 0. The van der Waals surface area contributed by atoms with Crippen molar-refractivity contribution in [2.24, 2.45) is 0 Å². The van der Waals surface area contributed by atoms with Crippen LogP contribution in [0, 0.1) is 0 Å². The Morgan fingerprint density at radius 3 is 2.50 bits per heavy atom. The van der Waals surface area contributed by atoms with Crippen LogP contribution in [0.3, 0.4) is 0 Å². The van der Waals surface area contributed by atoms with Crippen molar-refractivity contribution in [2.75, 3.05) is 0 Å². The van der Waals surface area contributed by atoms with Gasteiger partial charge in [-0.3, -0.25) is 0 Å². The first-order chi connectivity index (χ1) is 5.88. The minimum absolute atomic E-state index is 0.751. The topological polar surface area (TPSA) is 25.8 Å². The van der Waals surface area contributed by atoms with Crippen molar-refractivity contribution in [3.05, 3.63) is 30.3 Å². The second kappa shape index (κ2) is 3.16. The molecule has 1 aromatic heterocycles. The Balaban J connectivity index is 2.51. The van der Waals surface area contributed by atoms with Gasteiger partial charge in [-0.1, -0.05) is 34.5 Å². The van der Waals surface area contributed by atoms with Crippen molar-refractivity contribution in [1.82, 2.24) is 9.59 Å². The number of benzene rings is 1. The lowest BCUT2D eigenvalue weighted by atomic mass is 10.2. The molecule has 0 amide bonds. The molecule has 0 fully saturated rings. The van der Waals surface area contributed by atoms with Crippen LogP contribution in [-0.2, 0) is 12.6 Å². The molecular weight excluding hydrogens is 188 g/mol. The van der Waals surface area contributed by atoms with E-state index in [0.29, 0.717) is 0 Å². The normalized spacial score (nSPS) is 10.0. The molecular formula is C8H5N2S2-. The highest BCUT2D eigenvalue weighted by Crippen LogP contribution is 2.22. The van der Waals surface area contributed by atoms with Crippen LogP contribution in [0.2, 0.25) is 0 Å². The molecule has 1 heterocycles. The van der Waals surface area contributed by atoms with Gasteiger partial charge in [-0.15, -0.1) is 0 Å². The fourth-order valence-electron chi connectivity index (χ4n) is 0.954. The van der Waals surface area contributed by atoms with Crippen LogP contribution in [0.5, 0.6) is 0 Å². The Hall–Kier alpha value is -1.00. The zero-order valence-corrected chi connectivity index (χ0v) is 7.73. The van der Waals surface area contributed by atoms with Crippen LogP contribution >= 0.6 is 11.5 Å². The Labute approximate surface area is 79.8 Å². The maximum absolute atomic E-state index is 5.06. The molecule has 0 aliphatic rings. The van der Waals surface area contributed by atoms with Crippen LogP contribution in [0.4, 0.5) is 0 Å². The quantitative estimate of drug-likeness (QED) is 0.649. The van der Waals surface area contributed by atoms with Gasteiger partial charge in [0.1, 0.15) is 0 Å². The molecule has 12 heavy (non-hydrogen) atoms. The smallest absolute Gasteiger partial charge is 0.0819 e. The van der Waals surface area contributed by atoms with E-state index in [1.165, 1.54) is 11.5 Å². The molecule has 0 saturated carbocycles. The molecule has 0 spiro atoms. The third-order valence-electron chi connectivity index (χ3n) is 1.51. The van der Waals surface area contributed by atoms with Gasteiger partial charge in [0.15, 0.2) is 0 Å². The molecule has 0 saturated heterocycles. The lowest BCUT2D eigenvalue weighted by molar-refractivity contribution is 1.15. The lowest BCUT2D eigenvalue weighted by Gasteiger charge is -1.99. The fraction of sp³-hybridized carbons (Fsp3) is 0. The summed E-state index contributed by atoms with van der Waals surface area (Å²) < 4.78 is 4.54. The highest BCUT2D eigenvalue weighted by molar-refractivity contribution is 7.62. The van der Waals surface area contributed by atoms with Crippen molar-refractivity contribution in [1.29, 1.82) is 0 Å². The molecule has 0 N–H and O–H groups in total. The van der Waals surface area contributed by atoms with Gasteiger partial charge in [0, 0.05) is 5.56 Å². The van der Waals surface area contributed by atoms with E-state index in [0.717, 1.165) is 15.5 Å². The molecule has 0 bridgehead atoms. The van der Waals surface area contributed by atoms with Crippen molar-refractivity contribution >= 4 is 24.2 Å². The van der Waals surface area contributed by atoms with Crippen LogP contribution in [0.1, 0.15) is 0 Å². The Morgan fingerprint density at radius 1 is 1.17 bits per heavy atom. The molecule has 2 nitrogen and oxygen atoms in total. The van der Waals surface area contributed by atoms with E-state index in [1.807, 2.05) is 30.3 Å². The Morgan fingerprint density at radius 2 is 1.92 bits per heavy atom. The average molecular weight is 193 g/mol. The van der Waals surface area contributed by atoms with Crippen LogP contribution in [0.15, 0.2) is 34.5 Å². The third kappa shape index (κ3) is 1.31. The minimum atomic E-state index is 0.751. The lowest BCUT2D eigenvalue weighted by Crippen LogP contribution is -1.78. The predicted octanol–water partition coefficient (Wildman–Crippen LogP) is 2.11. The molecule has 0 aliphatic carbocycles. The van der Waals surface area contributed by atoms with E-state index in [1.54, 1.807) is 0 Å². The van der Waals surface area contributed by atoms with Crippen molar-refractivity contribution in [3.63, 3.8) is 0 Å². The highest BCUT2D eigenvalue weighted by Gasteiger charge is 1.98. The first kappa shape index (κ1) is 7.64. The first-order valence-electron chi connectivity index (χ1n) is 3.43. The molecule has 0 atom stereocenters. The number of aromatic nitrogens is 2. The van der Waals surface area contributed by atoms with E-state index in [2.05, 4.69) is 9.59 Å². The summed E-state index contributed by atoms with van der Waals surface area (Å²) >= 11 is 6.31. The second-order valence-electron chi connectivity index (χ2n) is 2.28. The fourth-order valence-corrected chi connectivity index (χ4v) is 1.65. The molecule has 2 aromatic rings. The summed E-state index contributed by atoms with van der Waals surface area (Å²) in [4.78, 5) is 0. The van der Waals surface area contributed by atoms with Crippen molar-refractivity contribution in [3.8, 4) is 11.3 Å². The zero-order valence-electron chi connectivity index (χ0n) is 6.10. The van der Waals surface area contributed by atoms with E-state index in [4.69, 9.17) is 12.6 Å². The third-order valence-corrected chi connectivity index (χ3v) is 2.44. The molecule has 0 aliphatic heterocycles. The van der Waals surface area contributed by atoms with Gasteiger partial charge in [-0.25, -0.2) is 16.0 Å². The van der Waals surface area contributed by atoms with Crippen molar-refractivity contribution in [2.45, 2.75) is 4.21 Å². The van der Waals surface area contributed by atoms with Gasteiger partial charge >= 0.3 is 0 Å². The number of hydrogen-bond donors (Lipinski definition) is 0. The summed E-state index contributed by atoms with van der Waals surface area (Å²) in [5, 5.41) is 3.95. The van der Waals surface area contributed by atoms with Gasteiger partial charge < -0.3 is 12.6 Å². The summed E-state index contributed by atoms with van der Waals surface area (Å²) in [6.45, 7) is 0. The van der Waals surface area contributed by atoms with E-state index >= 15 is 0 Å². The molecule has 1 aromatic carbocycles. The summed E-state index contributed by atoms with van der Waals surface area (Å²) in [6.07, 6.45) is 0. The van der Waals surface area contributed by atoms with E-state index < -0.39 is 0 Å². The maximum Gasteiger partial charge on any atom is 0.0819 e. The highest BCUT2D eigenvalue weighted by atomic mass is 32.2. The SMILES string of the molecule is [S-]c1snnc1-c1ccccc1. The summed E-state index contributed by atoms with van der Waals surface area (Å²) in [5.41, 5.74) is 1.85. The van der Waals surface area contributed by atoms with Gasteiger partial charge in [0.25, 0.3) is 0 Å². The summed E-state index contributed by atoms with van der Waals surface area (Å²) in [6, 6.07) is 9.85. The van der Waals surface area contributed by atoms with Gasteiger partial charge in [-0.05, 0) is 0 Å². The maximum atomic E-state index is 5.06. The van der Waals surface area contributed by atoms with Crippen molar-refractivity contribution < 1.29 is 0 Å².